The molecule has 0 spiro atoms. The van der Waals surface area contributed by atoms with Gasteiger partial charge in [-0.15, -0.1) is 23.2 Å². The summed E-state index contributed by atoms with van der Waals surface area (Å²) in [4.78, 5) is 11.2. The van der Waals surface area contributed by atoms with Crippen LogP contribution in [0.2, 0.25) is 0 Å². The predicted octanol–water partition coefficient (Wildman–Crippen LogP) is 3.60. The number of halogens is 2. The number of rotatable bonds is 2. The fraction of sp³-hybridized carbons (Fsp3) is 0.727. The zero-order valence-corrected chi connectivity index (χ0v) is 10.3. The van der Waals surface area contributed by atoms with Gasteiger partial charge in [-0.2, -0.15) is 0 Å². The molecule has 0 aromatic carbocycles. The molecule has 1 aliphatic carbocycles. The van der Waals surface area contributed by atoms with Crippen molar-refractivity contribution in [2.75, 3.05) is 0 Å². The maximum absolute atomic E-state index is 11.9. The van der Waals surface area contributed by atoms with Gasteiger partial charge in [-0.3, -0.25) is 4.79 Å². The smallest absolute Gasteiger partial charge is 0.145 e. The maximum Gasteiger partial charge on any atom is 0.145 e. The monoisotopic (exact) mass is 234 g/mol. The first-order valence-corrected chi connectivity index (χ1v) is 5.76. The lowest BCUT2D eigenvalue weighted by molar-refractivity contribution is -0.126. The molecule has 1 rings (SSSR count). The quantitative estimate of drug-likeness (QED) is 0.528. The van der Waals surface area contributed by atoms with Crippen molar-refractivity contribution in [1.29, 1.82) is 0 Å². The van der Waals surface area contributed by atoms with Gasteiger partial charge in [0.2, 0.25) is 0 Å². The molecule has 0 saturated heterocycles. The third kappa shape index (κ3) is 2.14. The Balaban J connectivity index is 2.88. The minimum absolute atomic E-state index is 0.147. The van der Waals surface area contributed by atoms with Crippen molar-refractivity contribution in [1.82, 2.24) is 0 Å². The van der Waals surface area contributed by atoms with Gasteiger partial charge in [0.15, 0.2) is 0 Å². The van der Waals surface area contributed by atoms with Crippen molar-refractivity contribution in [2.45, 2.75) is 32.0 Å². The van der Waals surface area contributed by atoms with Crippen LogP contribution in [0.15, 0.2) is 12.2 Å². The van der Waals surface area contributed by atoms with Gasteiger partial charge in [0.25, 0.3) is 0 Å². The summed E-state index contributed by atoms with van der Waals surface area (Å²) in [6, 6.07) is 0. The van der Waals surface area contributed by atoms with E-state index in [1.807, 2.05) is 6.08 Å². The number of carbonyl (C=O) groups is 1. The Bertz CT molecular complexity index is 258. The van der Waals surface area contributed by atoms with Gasteiger partial charge < -0.3 is 0 Å². The molecule has 2 atom stereocenters. The van der Waals surface area contributed by atoms with E-state index >= 15 is 0 Å². The van der Waals surface area contributed by atoms with E-state index in [9.17, 15) is 4.79 Å². The summed E-state index contributed by atoms with van der Waals surface area (Å²) >= 11 is 11.6. The molecule has 14 heavy (non-hydrogen) atoms. The summed E-state index contributed by atoms with van der Waals surface area (Å²) < 4.78 is 0. The molecule has 0 fully saturated rings. The Morgan fingerprint density at radius 3 is 2.43 bits per heavy atom. The number of ketones is 1. The zero-order chi connectivity index (χ0) is 10.9. The first-order valence-electron chi connectivity index (χ1n) is 4.88. The van der Waals surface area contributed by atoms with Crippen molar-refractivity contribution >= 4 is 29.0 Å². The minimum Gasteiger partial charge on any atom is -0.299 e. The second-order valence-corrected chi connectivity index (χ2v) is 5.57. The fourth-order valence-corrected chi connectivity index (χ4v) is 1.96. The predicted molar refractivity (Wildman–Crippen MR) is 60.7 cm³/mol. The lowest BCUT2D eigenvalue weighted by Gasteiger charge is -2.33. The Morgan fingerprint density at radius 2 is 2.07 bits per heavy atom. The van der Waals surface area contributed by atoms with Crippen LogP contribution in [-0.4, -0.2) is 10.6 Å². The van der Waals surface area contributed by atoms with Crippen LogP contribution in [0.25, 0.3) is 0 Å². The topological polar surface area (TPSA) is 17.1 Å². The van der Waals surface area contributed by atoms with Gasteiger partial charge in [-0.1, -0.05) is 26.0 Å². The van der Waals surface area contributed by atoms with Crippen molar-refractivity contribution in [3.63, 3.8) is 0 Å². The van der Waals surface area contributed by atoms with E-state index < -0.39 is 10.3 Å². The molecule has 0 amide bonds. The van der Waals surface area contributed by atoms with Crippen LogP contribution in [0, 0.1) is 17.3 Å². The lowest BCUT2D eigenvalue weighted by Crippen LogP contribution is -2.37. The molecule has 1 nitrogen and oxygen atoms in total. The van der Waals surface area contributed by atoms with Crippen LogP contribution in [0.1, 0.15) is 27.2 Å². The standard InChI is InChI=1S/C11H16Cl2O/c1-7(2)8-4-5-11(3,10(12)13)9(14)6-8/h4-5,7-8,10H,6H2,1-3H3. The van der Waals surface area contributed by atoms with Gasteiger partial charge in [-0.25, -0.2) is 0 Å². The van der Waals surface area contributed by atoms with E-state index in [0.717, 1.165) is 0 Å². The molecule has 0 aromatic heterocycles. The highest BCUT2D eigenvalue weighted by Crippen LogP contribution is 2.39. The van der Waals surface area contributed by atoms with E-state index in [1.54, 1.807) is 6.92 Å². The summed E-state index contributed by atoms with van der Waals surface area (Å²) in [5.74, 6) is 0.972. The maximum atomic E-state index is 11.9. The summed E-state index contributed by atoms with van der Waals surface area (Å²) in [6.07, 6.45) is 4.50. The highest BCUT2D eigenvalue weighted by molar-refractivity contribution is 6.46. The van der Waals surface area contributed by atoms with Crippen LogP contribution >= 0.6 is 23.2 Å². The van der Waals surface area contributed by atoms with E-state index in [-0.39, 0.29) is 5.78 Å². The lowest BCUT2D eigenvalue weighted by atomic mass is 9.74. The zero-order valence-electron chi connectivity index (χ0n) is 8.76. The number of allylic oxidation sites excluding steroid dienone is 2. The third-order valence-corrected chi connectivity index (χ3v) is 3.93. The SMILES string of the molecule is CC(C)C1C=CC(C)(C(Cl)Cl)C(=O)C1. The van der Waals surface area contributed by atoms with Crippen LogP contribution in [0.4, 0.5) is 0 Å². The molecule has 3 heteroatoms. The number of hydrogen-bond donors (Lipinski definition) is 0. The number of Topliss-reactive ketones (excluding diaryl/α,β-unsaturated/α-hetero) is 1. The van der Waals surface area contributed by atoms with Crippen LogP contribution in [0.3, 0.4) is 0 Å². The number of carbonyl (C=O) groups excluding carboxylic acids is 1. The van der Waals surface area contributed by atoms with Gasteiger partial charge >= 0.3 is 0 Å². The minimum atomic E-state index is -0.686. The van der Waals surface area contributed by atoms with E-state index in [4.69, 9.17) is 23.2 Å². The molecular formula is C11H16Cl2O. The van der Waals surface area contributed by atoms with Gasteiger partial charge in [0.05, 0.1) is 5.41 Å². The van der Waals surface area contributed by atoms with Crippen molar-refractivity contribution in [3.05, 3.63) is 12.2 Å². The summed E-state index contributed by atoms with van der Waals surface area (Å²) in [7, 11) is 0. The first-order chi connectivity index (χ1) is 6.38. The normalized spacial score (nSPS) is 33.1. The molecule has 0 heterocycles. The molecule has 0 radical (unpaired) electrons. The molecule has 0 N–H and O–H groups in total. The van der Waals surface area contributed by atoms with Crippen molar-refractivity contribution in [3.8, 4) is 0 Å². The Hall–Kier alpha value is -0.0100. The van der Waals surface area contributed by atoms with Crippen molar-refractivity contribution in [2.24, 2.45) is 17.3 Å². The van der Waals surface area contributed by atoms with Crippen LogP contribution < -0.4 is 0 Å². The fourth-order valence-electron chi connectivity index (χ4n) is 1.57. The second kappa shape index (κ2) is 4.24. The summed E-state index contributed by atoms with van der Waals surface area (Å²) in [5, 5.41) is 0. The average Bonchev–Trinajstić information content (AvgIpc) is 2.09. The summed E-state index contributed by atoms with van der Waals surface area (Å²) in [5.41, 5.74) is -0.686. The molecule has 2 unspecified atom stereocenters. The van der Waals surface area contributed by atoms with Gasteiger partial charge in [0, 0.05) is 6.42 Å². The molecule has 0 aliphatic heterocycles. The highest BCUT2D eigenvalue weighted by Gasteiger charge is 2.40. The Labute approximate surface area is 95.5 Å². The Morgan fingerprint density at radius 1 is 1.50 bits per heavy atom. The summed E-state index contributed by atoms with van der Waals surface area (Å²) in [6.45, 7) is 6.03. The molecule has 0 aromatic rings. The molecule has 1 aliphatic rings. The van der Waals surface area contributed by atoms with E-state index in [0.29, 0.717) is 18.3 Å². The van der Waals surface area contributed by atoms with Crippen LogP contribution in [0.5, 0.6) is 0 Å². The third-order valence-electron chi connectivity index (χ3n) is 3.02. The van der Waals surface area contributed by atoms with Crippen LogP contribution in [-0.2, 0) is 4.79 Å². The molecule has 0 saturated carbocycles. The Kier molecular flexibility index (Phi) is 3.65. The molecular weight excluding hydrogens is 219 g/mol. The second-order valence-electron chi connectivity index (χ2n) is 4.48. The average molecular weight is 235 g/mol. The molecule has 80 valence electrons. The van der Waals surface area contributed by atoms with Gasteiger partial charge in [-0.05, 0) is 18.8 Å². The number of alkyl halides is 2. The first kappa shape index (κ1) is 12.1. The van der Waals surface area contributed by atoms with E-state index in [1.165, 1.54) is 0 Å². The van der Waals surface area contributed by atoms with Crippen molar-refractivity contribution < 1.29 is 4.79 Å². The van der Waals surface area contributed by atoms with Gasteiger partial charge in [0.1, 0.15) is 10.6 Å². The largest absolute Gasteiger partial charge is 0.299 e. The number of hydrogen-bond acceptors (Lipinski definition) is 1. The molecule has 0 bridgehead atoms. The highest BCUT2D eigenvalue weighted by atomic mass is 35.5. The van der Waals surface area contributed by atoms with E-state index in [2.05, 4.69) is 19.9 Å².